The van der Waals surface area contributed by atoms with E-state index >= 15 is 0 Å². The van der Waals surface area contributed by atoms with Crippen LogP contribution in [0.4, 0.5) is 0 Å². The van der Waals surface area contributed by atoms with Crippen LogP contribution >= 0.6 is 22.9 Å². The molecular weight excluding hydrogens is 322 g/mol. The molecule has 0 aliphatic rings. The molecule has 3 rings (SSSR count). The second-order valence-corrected chi connectivity index (χ2v) is 6.26. The van der Waals surface area contributed by atoms with Gasteiger partial charge >= 0.3 is 5.97 Å². The molecule has 0 fully saturated rings. The lowest BCUT2D eigenvalue weighted by Gasteiger charge is -1.96. The lowest BCUT2D eigenvalue weighted by molar-refractivity contribution is -0.136. The molecule has 0 unspecified atom stereocenters. The predicted octanol–water partition coefficient (Wildman–Crippen LogP) is 4.60. The Kier molecular flexibility index (Phi) is 4.00. The van der Waals surface area contributed by atoms with Crippen LogP contribution in [0.1, 0.15) is 22.5 Å². The molecule has 1 aromatic carbocycles. The van der Waals surface area contributed by atoms with Crippen molar-refractivity contribution >= 4 is 45.6 Å². The van der Waals surface area contributed by atoms with Gasteiger partial charge in [0, 0.05) is 34.1 Å². The molecule has 0 saturated carbocycles. The molecule has 0 atom stereocenters. The first-order chi connectivity index (χ1) is 10.5. The Morgan fingerprint density at radius 2 is 2.05 bits per heavy atom. The number of carboxylic acids is 1. The van der Waals surface area contributed by atoms with Crippen molar-refractivity contribution in [2.75, 3.05) is 0 Å². The van der Waals surface area contributed by atoms with E-state index in [0.717, 1.165) is 22.0 Å². The number of H-pyrrole nitrogens is 1. The lowest BCUT2D eigenvalue weighted by atomic mass is 10.1. The number of aliphatic carboxylic acids is 1. The number of carbonyl (C=O) groups is 2. The van der Waals surface area contributed by atoms with Gasteiger partial charge in [0.15, 0.2) is 5.78 Å². The highest BCUT2D eigenvalue weighted by atomic mass is 35.5. The summed E-state index contributed by atoms with van der Waals surface area (Å²) in [5.74, 6) is -1.10. The van der Waals surface area contributed by atoms with Crippen molar-refractivity contribution < 1.29 is 14.7 Å². The van der Waals surface area contributed by atoms with Gasteiger partial charge in [0.25, 0.3) is 0 Å². The van der Waals surface area contributed by atoms with Crippen molar-refractivity contribution in [1.29, 1.82) is 0 Å². The predicted molar refractivity (Wildman–Crippen MR) is 87.8 cm³/mol. The van der Waals surface area contributed by atoms with Gasteiger partial charge in [-0.3, -0.25) is 9.59 Å². The smallest absolute Gasteiger partial charge is 0.303 e. The minimum Gasteiger partial charge on any atom is -0.481 e. The number of ketones is 1. The van der Waals surface area contributed by atoms with Gasteiger partial charge in [-0.25, -0.2) is 0 Å². The van der Waals surface area contributed by atoms with Crippen LogP contribution in [0.15, 0.2) is 35.8 Å². The summed E-state index contributed by atoms with van der Waals surface area (Å²) in [5, 5.41) is 12.2. The molecule has 0 aliphatic carbocycles. The second-order valence-electron chi connectivity index (χ2n) is 4.91. The number of halogens is 1. The van der Waals surface area contributed by atoms with Crippen LogP contribution < -0.4 is 0 Å². The molecule has 2 N–H and O–H groups in total. The summed E-state index contributed by atoms with van der Waals surface area (Å²) in [5.41, 5.74) is 2.88. The molecule has 0 aliphatic heterocycles. The highest BCUT2D eigenvalue weighted by Gasteiger charge is 2.14. The van der Waals surface area contributed by atoms with E-state index in [9.17, 15) is 9.59 Å². The molecule has 0 saturated heterocycles. The molecule has 2 heterocycles. The van der Waals surface area contributed by atoms with Gasteiger partial charge in [-0.15, -0.1) is 11.3 Å². The molecule has 0 amide bonds. The standard InChI is InChI=1S/C16H12ClNO3S/c17-10-1-2-11-12(7-18-13(11)6-10)9-5-15(22-8-9)14(19)3-4-16(20)21/h1-2,5-8,18H,3-4H2,(H,20,21). The molecule has 0 spiro atoms. The molecule has 0 radical (unpaired) electrons. The Morgan fingerprint density at radius 1 is 1.23 bits per heavy atom. The number of rotatable bonds is 5. The van der Waals surface area contributed by atoms with Crippen molar-refractivity contribution in [3.05, 3.63) is 45.7 Å². The number of aromatic amines is 1. The Hall–Kier alpha value is -2.11. The largest absolute Gasteiger partial charge is 0.481 e. The van der Waals surface area contributed by atoms with Crippen LogP contribution in [0.3, 0.4) is 0 Å². The summed E-state index contributed by atoms with van der Waals surface area (Å²) in [6.07, 6.45) is 1.77. The monoisotopic (exact) mass is 333 g/mol. The summed E-state index contributed by atoms with van der Waals surface area (Å²) in [6.45, 7) is 0. The number of carboxylic acid groups (broad SMARTS) is 1. The summed E-state index contributed by atoms with van der Waals surface area (Å²) in [7, 11) is 0. The van der Waals surface area contributed by atoms with Crippen molar-refractivity contribution in [1.82, 2.24) is 4.98 Å². The van der Waals surface area contributed by atoms with E-state index in [0.29, 0.717) is 9.90 Å². The van der Waals surface area contributed by atoms with Crippen LogP contribution in [0.2, 0.25) is 5.02 Å². The average molecular weight is 334 g/mol. The molecular formula is C16H12ClNO3S. The van der Waals surface area contributed by atoms with Crippen molar-refractivity contribution in [3.63, 3.8) is 0 Å². The highest BCUT2D eigenvalue weighted by molar-refractivity contribution is 7.12. The zero-order chi connectivity index (χ0) is 15.7. The number of hydrogen-bond acceptors (Lipinski definition) is 3. The zero-order valence-electron chi connectivity index (χ0n) is 11.4. The summed E-state index contributed by atoms with van der Waals surface area (Å²) in [6, 6.07) is 7.43. The fraction of sp³-hybridized carbons (Fsp3) is 0.125. The Bertz CT molecular complexity index is 865. The van der Waals surface area contributed by atoms with Gasteiger partial charge in [-0.05, 0) is 29.1 Å². The van der Waals surface area contributed by atoms with Crippen molar-refractivity contribution in [3.8, 4) is 11.1 Å². The van der Waals surface area contributed by atoms with E-state index in [1.165, 1.54) is 11.3 Å². The number of aromatic nitrogens is 1. The summed E-state index contributed by atoms with van der Waals surface area (Å²) in [4.78, 5) is 26.2. The molecule has 22 heavy (non-hydrogen) atoms. The Labute approximate surface area is 135 Å². The molecule has 6 heteroatoms. The van der Waals surface area contributed by atoms with Crippen LogP contribution in [0.25, 0.3) is 22.0 Å². The van der Waals surface area contributed by atoms with Crippen LogP contribution in [0, 0.1) is 0 Å². The fourth-order valence-electron chi connectivity index (χ4n) is 2.30. The normalized spacial score (nSPS) is 11.0. The van der Waals surface area contributed by atoms with E-state index < -0.39 is 5.97 Å². The maximum absolute atomic E-state index is 12.0. The third-order valence-electron chi connectivity index (χ3n) is 3.40. The first kappa shape index (κ1) is 14.8. The lowest BCUT2D eigenvalue weighted by Crippen LogP contribution is -2.01. The number of fused-ring (bicyclic) bond motifs is 1. The zero-order valence-corrected chi connectivity index (χ0v) is 13.0. The topological polar surface area (TPSA) is 70.2 Å². The number of Topliss-reactive ketones (excluding diaryl/α,β-unsaturated/α-hetero) is 1. The first-order valence-corrected chi connectivity index (χ1v) is 7.91. The van der Waals surface area contributed by atoms with Gasteiger partial charge in [0.1, 0.15) is 0 Å². The van der Waals surface area contributed by atoms with E-state index in [1.54, 1.807) is 0 Å². The Morgan fingerprint density at radius 3 is 2.82 bits per heavy atom. The third kappa shape index (κ3) is 2.91. The van der Waals surface area contributed by atoms with Gasteiger partial charge in [0.05, 0.1) is 11.3 Å². The molecule has 112 valence electrons. The van der Waals surface area contributed by atoms with Crippen molar-refractivity contribution in [2.24, 2.45) is 0 Å². The minimum atomic E-state index is -0.960. The van der Waals surface area contributed by atoms with Crippen LogP contribution in [-0.4, -0.2) is 21.8 Å². The maximum atomic E-state index is 12.0. The number of thiophene rings is 1. The number of benzene rings is 1. The SMILES string of the molecule is O=C(O)CCC(=O)c1cc(-c2c[nH]c3cc(Cl)ccc23)cs1. The fourth-order valence-corrected chi connectivity index (χ4v) is 3.35. The van der Waals surface area contributed by atoms with Crippen LogP contribution in [0.5, 0.6) is 0 Å². The van der Waals surface area contributed by atoms with E-state index in [-0.39, 0.29) is 18.6 Å². The minimum absolute atomic E-state index is 0.0266. The van der Waals surface area contributed by atoms with Gasteiger partial charge < -0.3 is 10.1 Å². The van der Waals surface area contributed by atoms with E-state index in [2.05, 4.69) is 4.98 Å². The maximum Gasteiger partial charge on any atom is 0.303 e. The molecule has 0 bridgehead atoms. The summed E-state index contributed by atoms with van der Waals surface area (Å²) < 4.78 is 0. The highest BCUT2D eigenvalue weighted by Crippen LogP contribution is 2.33. The molecule has 4 nitrogen and oxygen atoms in total. The first-order valence-electron chi connectivity index (χ1n) is 6.65. The second kappa shape index (κ2) is 5.94. The van der Waals surface area contributed by atoms with Gasteiger partial charge in [-0.2, -0.15) is 0 Å². The average Bonchev–Trinajstić information content (AvgIpc) is 3.10. The number of hydrogen-bond donors (Lipinski definition) is 2. The molecule has 3 aromatic rings. The Balaban J connectivity index is 1.89. The van der Waals surface area contributed by atoms with Crippen molar-refractivity contribution in [2.45, 2.75) is 12.8 Å². The van der Waals surface area contributed by atoms with Gasteiger partial charge in [-0.1, -0.05) is 17.7 Å². The summed E-state index contributed by atoms with van der Waals surface area (Å²) >= 11 is 7.31. The quantitative estimate of drug-likeness (QED) is 0.670. The van der Waals surface area contributed by atoms with E-state index in [4.69, 9.17) is 16.7 Å². The van der Waals surface area contributed by atoms with Gasteiger partial charge in [0.2, 0.25) is 0 Å². The number of nitrogens with one attached hydrogen (secondary N) is 1. The van der Waals surface area contributed by atoms with Crippen LogP contribution in [-0.2, 0) is 4.79 Å². The van der Waals surface area contributed by atoms with E-state index in [1.807, 2.05) is 35.8 Å². The molecule has 2 aromatic heterocycles. The number of carbonyl (C=O) groups excluding carboxylic acids is 1. The third-order valence-corrected chi connectivity index (χ3v) is 4.60.